The molecule has 1 saturated heterocycles. The average Bonchev–Trinajstić information content (AvgIpc) is 2.55. The van der Waals surface area contributed by atoms with Gasteiger partial charge in [-0.25, -0.2) is 0 Å². The highest BCUT2D eigenvalue weighted by atomic mass is 16.5. The minimum Gasteiger partial charge on any atom is -0.494 e. The van der Waals surface area contributed by atoms with Crippen molar-refractivity contribution in [2.45, 2.75) is 32.9 Å². The van der Waals surface area contributed by atoms with Crippen LogP contribution in [0.1, 0.15) is 37.4 Å². The van der Waals surface area contributed by atoms with Crippen molar-refractivity contribution in [3.8, 4) is 5.75 Å². The van der Waals surface area contributed by atoms with E-state index in [0.717, 1.165) is 18.9 Å². The zero-order valence-electron chi connectivity index (χ0n) is 14.2. The Morgan fingerprint density at radius 1 is 1.18 bits per heavy atom. The summed E-state index contributed by atoms with van der Waals surface area (Å²) in [5.74, 6) is 1.03. The van der Waals surface area contributed by atoms with E-state index in [4.69, 9.17) is 4.74 Å². The van der Waals surface area contributed by atoms with Crippen LogP contribution in [-0.2, 0) is 6.54 Å². The predicted octanol–water partition coefficient (Wildman–Crippen LogP) is -1.60. The third-order valence-electron chi connectivity index (χ3n) is 5.26. The van der Waals surface area contributed by atoms with E-state index >= 15 is 0 Å². The largest absolute Gasteiger partial charge is 0.494 e. The summed E-state index contributed by atoms with van der Waals surface area (Å²) in [7, 11) is 0. The maximum atomic E-state index is 5.67. The zero-order valence-corrected chi connectivity index (χ0v) is 14.2. The summed E-state index contributed by atoms with van der Waals surface area (Å²) in [6.45, 7) is 14.1. The summed E-state index contributed by atoms with van der Waals surface area (Å²) in [6.07, 6.45) is 1.31. The Morgan fingerprint density at radius 2 is 2.00 bits per heavy atom. The normalized spacial score (nSPS) is 28.2. The summed E-state index contributed by atoms with van der Waals surface area (Å²) in [5.41, 5.74) is 3.05. The third kappa shape index (κ3) is 3.45. The molecule has 22 heavy (non-hydrogen) atoms. The molecule has 4 N–H and O–H groups in total. The fourth-order valence-corrected chi connectivity index (χ4v) is 4.15. The highest BCUT2D eigenvalue weighted by molar-refractivity contribution is 5.37. The standard InChI is InChI=1S/C18H29N3O/c1-3-7-20-8-10-21(11-9-20)18-14-19-13-15-12-16(22-4-2)5-6-17(15)18/h5-6,12,18-19H,3-4,7-11,13-14H2,1-2H3/p+3/t18-/m0/s1. The summed E-state index contributed by atoms with van der Waals surface area (Å²) in [6, 6.07) is 7.43. The topological polar surface area (TPSA) is 34.7 Å². The van der Waals surface area contributed by atoms with E-state index in [2.05, 4.69) is 37.4 Å². The fraction of sp³-hybridized carbons (Fsp3) is 0.667. The molecule has 1 aromatic rings. The van der Waals surface area contributed by atoms with E-state index in [1.54, 1.807) is 15.4 Å². The van der Waals surface area contributed by atoms with Gasteiger partial charge in [0.1, 0.15) is 45.0 Å². The highest BCUT2D eigenvalue weighted by Gasteiger charge is 2.35. The van der Waals surface area contributed by atoms with Crippen LogP contribution < -0.4 is 19.9 Å². The molecule has 0 aliphatic carbocycles. The van der Waals surface area contributed by atoms with Crippen molar-refractivity contribution in [3.63, 3.8) is 0 Å². The number of rotatable bonds is 5. The maximum absolute atomic E-state index is 5.67. The summed E-state index contributed by atoms with van der Waals surface area (Å²) in [4.78, 5) is 3.60. The number of benzene rings is 1. The van der Waals surface area contributed by atoms with Crippen LogP contribution in [0.3, 0.4) is 0 Å². The van der Waals surface area contributed by atoms with Gasteiger partial charge in [0.15, 0.2) is 6.04 Å². The molecule has 0 bridgehead atoms. The summed E-state index contributed by atoms with van der Waals surface area (Å²) in [5, 5.41) is 2.47. The van der Waals surface area contributed by atoms with Crippen LogP contribution in [0.5, 0.6) is 5.75 Å². The number of fused-ring (bicyclic) bond motifs is 1. The van der Waals surface area contributed by atoms with Gasteiger partial charge in [0, 0.05) is 11.1 Å². The van der Waals surface area contributed by atoms with Crippen LogP contribution in [0.15, 0.2) is 18.2 Å². The first kappa shape index (κ1) is 15.8. The molecule has 0 saturated carbocycles. The second-order valence-corrected chi connectivity index (χ2v) is 6.73. The first-order valence-electron chi connectivity index (χ1n) is 9.07. The molecule has 4 heteroatoms. The van der Waals surface area contributed by atoms with E-state index in [1.165, 1.54) is 51.3 Å². The molecule has 1 fully saturated rings. The number of quaternary nitrogens is 3. The average molecular weight is 306 g/mol. The van der Waals surface area contributed by atoms with E-state index in [1.807, 2.05) is 0 Å². The van der Waals surface area contributed by atoms with Gasteiger partial charge in [-0.05, 0) is 31.5 Å². The van der Waals surface area contributed by atoms with Gasteiger partial charge in [-0.3, -0.25) is 0 Å². The SMILES string of the molecule is CCC[NH+]1CC[NH+]([C@H]2C[NH2+]Cc3cc(OCC)ccc32)CC1. The number of hydrogen-bond acceptors (Lipinski definition) is 1. The minimum atomic E-state index is 0.669. The summed E-state index contributed by atoms with van der Waals surface area (Å²) < 4.78 is 5.67. The summed E-state index contributed by atoms with van der Waals surface area (Å²) >= 11 is 0. The molecule has 2 aliphatic heterocycles. The van der Waals surface area contributed by atoms with Crippen molar-refractivity contribution >= 4 is 0 Å². The van der Waals surface area contributed by atoms with Gasteiger partial charge in [0.05, 0.1) is 13.2 Å². The van der Waals surface area contributed by atoms with Gasteiger partial charge in [-0.1, -0.05) is 6.92 Å². The van der Waals surface area contributed by atoms with Gasteiger partial charge < -0.3 is 19.9 Å². The van der Waals surface area contributed by atoms with Crippen molar-refractivity contribution in [1.29, 1.82) is 0 Å². The van der Waals surface area contributed by atoms with Crippen LogP contribution in [0.25, 0.3) is 0 Å². The van der Waals surface area contributed by atoms with Crippen LogP contribution in [0.4, 0.5) is 0 Å². The molecular formula is C18H32N3O+3. The van der Waals surface area contributed by atoms with Gasteiger partial charge >= 0.3 is 0 Å². The van der Waals surface area contributed by atoms with Crippen LogP contribution in [0, 0.1) is 0 Å². The molecule has 3 rings (SSSR count). The second-order valence-electron chi connectivity index (χ2n) is 6.73. The minimum absolute atomic E-state index is 0.669. The molecule has 0 aromatic heterocycles. The van der Waals surface area contributed by atoms with Crippen molar-refractivity contribution in [2.24, 2.45) is 0 Å². The lowest BCUT2D eigenvalue weighted by atomic mass is 9.94. The van der Waals surface area contributed by atoms with E-state index < -0.39 is 0 Å². The quantitative estimate of drug-likeness (QED) is 0.602. The van der Waals surface area contributed by atoms with E-state index in [9.17, 15) is 0 Å². The molecule has 0 spiro atoms. The number of piperazine rings is 1. The number of ether oxygens (including phenoxy) is 1. The molecule has 2 aliphatic rings. The number of hydrogen-bond donors (Lipinski definition) is 3. The second kappa shape index (κ2) is 7.44. The lowest BCUT2D eigenvalue weighted by Gasteiger charge is -2.36. The first-order chi connectivity index (χ1) is 10.8. The molecule has 0 amide bonds. The number of nitrogens with one attached hydrogen (secondary N) is 2. The fourth-order valence-electron chi connectivity index (χ4n) is 4.15. The first-order valence-corrected chi connectivity index (χ1v) is 9.07. The lowest BCUT2D eigenvalue weighted by Crippen LogP contribution is -3.29. The third-order valence-corrected chi connectivity index (χ3v) is 5.26. The Bertz CT molecular complexity index is 483. The number of nitrogens with two attached hydrogens (primary N) is 1. The molecule has 1 aromatic carbocycles. The molecule has 122 valence electrons. The lowest BCUT2D eigenvalue weighted by molar-refractivity contribution is -1.03. The van der Waals surface area contributed by atoms with Crippen molar-refractivity contribution in [3.05, 3.63) is 29.3 Å². The van der Waals surface area contributed by atoms with Crippen LogP contribution in [0.2, 0.25) is 0 Å². The van der Waals surface area contributed by atoms with Crippen LogP contribution >= 0.6 is 0 Å². The van der Waals surface area contributed by atoms with Crippen molar-refractivity contribution < 1.29 is 19.9 Å². The van der Waals surface area contributed by atoms with Gasteiger partial charge in [0.25, 0.3) is 0 Å². The van der Waals surface area contributed by atoms with Crippen LogP contribution in [-0.4, -0.2) is 45.9 Å². The smallest absolute Gasteiger partial charge is 0.163 e. The Kier molecular flexibility index (Phi) is 5.34. The molecule has 4 nitrogen and oxygen atoms in total. The monoisotopic (exact) mass is 306 g/mol. The molecule has 0 radical (unpaired) electrons. The molecular weight excluding hydrogens is 274 g/mol. The van der Waals surface area contributed by atoms with Crippen molar-refractivity contribution in [1.82, 2.24) is 0 Å². The van der Waals surface area contributed by atoms with Gasteiger partial charge in [-0.2, -0.15) is 0 Å². The zero-order chi connectivity index (χ0) is 15.4. The Morgan fingerprint density at radius 3 is 2.73 bits per heavy atom. The molecule has 1 atom stereocenters. The van der Waals surface area contributed by atoms with E-state index in [-0.39, 0.29) is 0 Å². The Hall–Kier alpha value is -1.10. The maximum Gasteiger partial charge on any atom is 0.163 e. The van der Waals surface area contributed by atoms with Gasteiger partial charge in [0.2, 0.25) is 0 Å². The van der Waals surface area contributed by atoms with Gasteiger partial charge in [-0.15, -0.1) is 0 Å². The Labute approximate surface area is 134 Å². The van der Waals surface area contributed by atoms with Crippen molar-refractivity contribution in [2.75, 3.05) is 45.9 Å². The molecule has 0 unspecified atom stereocenters. The highest BCUT2D eigenvalue weighted by Crippen LogP contribution is 2.23. The Balaban J connectivity index is 1.69. The van der Waals surface area contributed by atoms with E-state index in [0.29, 0.717) is 6.04 Å². The molecule has 2 heterocycles. The predicted molar refractivity (Wildman–Crippen MR) is 87.4 cm³/mol.